The standard InChI is InChI=1S/C28H22O3S.Na/c29-32(30,31)28-9-5-4-8-27(28)21-16-24-14-19-26(20-15-24)25-17-12-23(13-18-25)11-10-22-6-2-1-3-7-22;/h1-21H,(H,29,30,31);/q;+1/p-1. The van der Waals surface area contributed by atoms with Crippen LogP contribution >= 0.6 is 0 Å². The normalized spacial score (nSPS) is 11.5. The predicted molar refractivity (Wildman–Crippen MR) is 131 cm³/mol. The van der Waals surface area contributed by atoms with Gasteiger partial charge < -0.3 is 4.55 Å². The SMILES string of the molecule is O=S(=O)([O-])c1ccccc1C=Cc1ccc(-c2ccc(C=Cc3ccccc3)cc2)cc1.[Na+]. The average Bonchev–Trinajstić information content (AvgIpc) is 2.82. The monoisotopic (exact) mass is 460 g/mol. The molecule has 0 atom stereocenters. The van der Waals surface area contributed by atoms with Gasteiger partial charge in [0.25, 0.3) is 0 Å². The van der Waals surface area contributed by atoms with Gasteiger partial charge in [0.2, 0.25) is 0 Å². The molecule has 0 fully saturated rings. The number of hydrogen-bond donors (Lipinski definition) is 0. The Morgan fingerprint density at radius 1 is 0.515 bits per heavy atom. The minimum absolute atomic E-state index is 0. The summed E-state index contributed by atoms with van der Waals surface area (Å²) in [6.45, 7) is 0. The van der Waals surface area contributed by atoms with Gasteiger partial charge in [-0.15, -0.1) is 0 Å². The molecule has 5 heteroatoms. The molecule has 0 saturated heterocycles. The molecule has 3 nitrogen and oxygen atoms in total. The van der Waals surface area contributed by atoms with E-state index < -0.39 is 10.1 Å². The van der Waals surface area contributed by atoms with Crippen LogP contribution in [0.25, 0.3) is 35.4 Å². The zero-order valence-electron chi connectivity index (χ0n) is 18.3. The summed E-state index contributed by atoms with van der Waals surface area (Å²) >= 11 is 0. The summed E-state index contributed by atoms with van der Waals surface area (Å²) in [5.74, 6) is 0. The second kappa shape index (κ2) is 11.4. The van der Waals surface area contributed by atoms with Crippen molar-refractivity contribution in [3.8, 4) is 11.1 Å². The molecule has 33 heavy (non-hydrogen) atoms. The van der Waals surface area contributed by atoms with Crippen LogP contribution in [0.4, 0.5) is 0 Å². The Hall–Kier alpha value is -2.73. The van der Waals surface area contributed by atoms with Gasteiger partial charge in [0.1, 0.15) is 10.1 Å². The van der Waals surface area contributed by atoms with Crippen LogP contribution in [0.5, 0.6) is 0 Å². The van der Waals surface area contributed by atoms with Gasteiger partial charge in [-0.25, -0.2) is 8.42 Å². The first-order valence-corrected chi connectivity index (χ1v) is 11.6. The predicted octanol–water partition coefficient (Wildman–Crippen LogP) is 3.60. The maximum Gasteiger partial charge on any atom is 1.00 e. The Labute approximate surface area is 217 Å². The second-order valence-electron chi connectivity index (χ2n) is 7.31. The molecule has 0 aromatic heterocycles. The van der Waals surface area contributed by atoms with Gasteiger partial charge in [0.05, 0.1) is 4.90 Å². The topological polar surface area (TPSA) is 57.2 Å². The van der Waals surface area contributed by atoms with Gasteiger partial charge in [0, 0.05) is 0 Å². The van der Waals surface area contributed by atoms with Crippen molar-refractivity contribution in [2.75, 3.05) is 0 Å². The fourth-order valence-electron chi connectivity index (χ4n) is 3.36. The summed E-state index contributed by atoms with van der Waals surface area (Å²) in [5, 5.41) is 0. The molecular formula is C28H21NaO3S. The van der Waals surface area contributed by atoms with E-state index in [-0.39, 0.29) is 34.5 Å². The summed E-state index contributed by atoms with van der Waals surface area (Å²) in [6.07, 6.45) is 7.62. The molecule has 0 aliphatic carbocycles. The Morgan fingerprint density at radius 3 is 1.45 bits per heavy atom. The minimum Gasteiger partial charge on any atom is -0.744 e. The maximum absolute atomic E-state index is 11.4. The van der Waals surface area contributed by atoms with Gasteiger partial charge in [-0.3, -0.25) is 0 Å². The van der Waals surface area contributed by atoms with Crippen molar-refractivity contribution in [3.63, 3.8) is 0 Å². The van der Waals surface area contributed by atoms with E-state index in [1.54, 1.807) is 30.4 Å². The van der Waals surface area contributed by atoms with Crippen LogP contribution in [-0.4, -0.2) is 13.0 Å². The fourth-order valence-corrected chi connectivity index (χ4v) is 4.03. The molecule has 0 aliphatic rings. The van der Waals surface area contributed by atoms with Crippen LogP contribution in [0.3, 0.4) is 0 Å². The molecule has 0 unspecified atom stereocenters. The molecular weight excluding hydrogens is 439 g/mol. The summed E-state index contributed by atoms with van der Waals surface area (Å²) in [4.78, 5) is -0.214. The van der Waals surface area contributed by atoms with Crippen molar-refractivity contribution in [1.29, 1.82) is 0 Å². The van der Waals surface area contributed by atoms with Crippen LogP contribution < -0.4 is 29.6 Å². The van der Waals surface area contributed by atoms with E-state index >= 15 is 0 Å². The van der Waals surface area contributed by atoms with E-state index in [2.05, 4.69) is 48.6 Å². The molecule has 0 spiro atoms. The molecule has 0 aliphatic heterocycles. The Bertz CT molecular complexity index is 1360. The molecule has 4 aromatic rings. The molecule has 0 saturated carbocycles. The van der Waals surface area contributed by atoms with E-state index in [9.17, 15) is 13.0 Å². The van der Waals surface area contributed by atoms with E-state index in [1.165, 1.54) is 6.07 Å². The number of benzene rings is 4. The maximum atomic E-state index is 11.4. The van der Waals surface area contributed by atoms with Crippen molar-refractivity contribution in [3.05, 3.63) is 125 Å². The average molecular weight is 461 g/mol. The van der Waals surface area contributed by atoms with E-state index in [4.69, 9.17) is 0 Å². The first-order chi connectivity index (χ1) is 15.5. The molecule has 0 heterocycles. The second-order valence-corrected chi connectivity index (χ2v) is 8.66. The third-order valence-corrected chi connectivity index (χ3v) is 5.98. The molecule has 4 aromatic carbocycles. The Balaban J connectivity index is 0.00000306. The van der Waals surface area contributed by atoms with E-state index in [1.807, 2.05) is 42.5 Å². The van der Waals surface area contributed by atoms with Crippen molar-refractivity contribution in [2.24, 2.45) is 0 Å². The van der Waals surface area contributed by atoms with Gasteiger partial charge >= 0.3 is 29.6 Å². The third-order valence-electron chi connectivity index (χ3n) is 5.07. The summed E-state index contributed by atoms with van der Waals surface area (Å²) in [5.41, 5.74) is 5.78. The zero-order valence-corrected chi connectivity index (χ0v) is 21.1. The first kappa shape index (κ1) is 24.9. The largest absolute Gasteiger partial charge is 1.00 e. The summed E-state index contributed by atoms with van der Waals surface area (Å²) in [7, 11) is -4.51. The summed E-state index contributed by atoms with van der Waals surface area (Å²) < 4.78 is 34.2. The molecule has 0 radical (unpaired) electrons. The molecule has 0 amide bonds. The van der Waals surface area contributed by atoms with Crippen LogP contribution in [0.2, 0.25) is 0 Å². The fraction of sp³-hybridized carbons (Fsp3) is 0. The summed E-state index contributed by atoms with van der Waals surface area (Å²) in [6, 6.07) is 32.7. The van der Waals surface area contributed by atoms with Crippen LogP contribution in [0, 0.1) is 0 Å². The minimum atomic E-state index is -4.51. The Morgan fingerprint density at radius 2 is 0.939 bits per heavy atom. The molecule has 0 N–H and O–H groups in total. The number of hydrogen-bond acceptors (Lipinski definition) is 3. The quantitative estimate of drug-likeness (QED) is 0.251. The van der Waals surface area contributed by atoms with Crippen LogP contribution in [-0.2, 0) is 10.1 Å². The van der Waals surface area contributed by atoms with Gasteiger partial charge in [-0.1, -0.05) is 121 Å². The van der Waals surface area contributed by atoms with Gasteiger partial charge in [-0.2, -0.15) is 0 Å². The Kier molecular flexibility index (Phi) is 8.61. The van der Waals surface area contributed by atoms with Crippen LogP contribution in [0.15, 0.2) is 108 Å². The third kappa shape index (κ3) is 6.87. The first-order valence-electron chi connectivity index (χ1n) is 10.2. The molecule has 0 bridgehead atoms. The smallest absolute Gasteiger partial charge is 0.744 e. The molecule has 4 rings (SSSR count). The van der Waals surface area contributed by atoms with Crippen molar-refractivity contribution < 1.29 is 42.5 Å². The molecule has 158 valence electrons. The van der Waals surface area contributed by atoms with Crippen molar-refractivity contribution in [1.82, 2.24) is 0 Å². The zero-order chi connectivity index (χ0) is 22.4. The van der Waals surface area contributed by atoms with E-state index in [0.717, 1.165) is 27.8 Å². The van der Waals surface area contributed by atoms with Crippen LogP contribution in [0.1, 0.15) is 22.3 Å². The van der Waals surface area contributed by atoms with Crippen molar-refractivity contribution in [2.45, 2.75) is 4.90 Å². The van der Waals surface area contributed by atoms with Gasteiger partial charge in [0.15, 0.2) is 0 Å². The number of rotatable bonds is 6. The van der Waals surface area contributed by atoms with Gasteiger partial charge in [-0.05, 0) is 39.4 Å². The van der Waals surface area contributed by atoms with E-state index in [0.29, 0.717) is 5.56 Å². The van der Waals surface area contributed by atoms with Crippen molar-refractivity contribution >= 4 is 34.4 Å².